The lowest BCUT2D eigenvalue weighted by Crippen LogP contribution is -2.35. The first-order valence-corrected chi connectivity index (χ1v) is 8.05. The Morgan fingerprint density at radius 2 is 2.20 bits per heavy atom. The van der Waals surface area contributed by atoms with Crippen molar-refractivity contribution >= 4 is 15.7 Å². The number of aryl methyl sites for hydroxylation is 1. The highest BCUT2D eigenvalue weighted by molar-refractivity contribution is 7.89. The molecule has 1 fully saturated rings. The van der Waals surface area contributed by atoms with E-state index in [2.05, 4.69) is 4.72 Å². The number of hydrogen-bond acceptors (Lipinski definition) is 4. The van der Waals surface area contributed by atoms with Gasteiger partial charge in [-0.05, 0) is 43.9 Å². The molecule has 7 heteroatoms. The van der Waals surface area contributed by atoms with Crippen LogP contribution in [0, 0.1) is 12.7 Å². The molecular formula is C13H19FN2O3S. The lowest BCUT2D eigenvalue weighted by Gasteiger charge is -2.22. The van der Waals surface area contributed by atoms with Gasteiger partial charge in [-0.1, -0.05) is 0 Å². The lowest BCUT2D eigenvalue weighted by molar-refractivity contribution is 0.0200. The summed E-state index contributed by atoms with van der Waals surface area (Å²) >= 11 is 0. The van der Waals surface area contributed by atoms with E-state index in [1.165, 1.54) is 13.0 Å². The van der Waals surface area contributed by atoms with Gasteiger partial charge in [0.05, 0.1) is 6.10 Å². The van der Waals surface area contributed by atoms with Crippen molar-refractivity contribution in [3.63, 3.8) is 0 Å². The van der Waals surface area contributed by atoms with E-state index in [0.29, 0.717) is 6.61 Å². The van der Waals surface area contributed by atoms with Gasteiger partial charge in [0.15, 0.2) is 0 Å². The Labute approximate surface area is 118 Å². The van der Waals surface area contributed by atoms with Gasteiger partial charge in [-0.15, -0.1) is 0 Å². The van der Waals surface area contributed by atoms with Crippen molar-refractivity contribution in [1.82, 2.24) is 4.72 Å². The molecule has 1 aromatic carbocycles. The molecule has 112 valence electrons. The highest BCUT2D eigenvalue weighted by Crippen LogP contribution is 2.21. The van der Waals surface area contributed by atoms with Gasteiger partial charge in [-0.2, -0.15) is 0 Å². The van der Waals surface area contributed by atoms with Crippen LogP contribution in [-0.4, -0.2) is 27.7 Å². The number of anilines is 1. The molecule has 1 aliphatic rings. The highest BCUT2D eigenvalue weighted by atomic mass is 32.2. The fourth-order valence-electron chi connectivity index (χ4n) is 2.21. The van der Waals surface area contributed by atoms with Crippen LogP contribution >= 0.6 is 0 Å². The third-order valence-electron chi connectivity index (χ3n) is 3.31. The Morgan fingerprint density at radius 3 is 2.85 bits per heavy atom. The minimum Gasteiger partial charge on any atom is -0.399 e. The van der Waals surface area contributed by atoms with Crippen LogP contribution in [0.1, 0.15) is 24.8 Å². The standard InChI is InChI=1S/C13H19FN2O3S/c1-9-6-10(15)7-12(13(9)14)20(17,18)16-8-11-4-2-3-5-19-11/h6-7,11,16H,2-5,8,15H2,1H3. The zero-order valence-electron chi connectivity index (χ0n) is 11.4. The highest BCUT2D eigenvalue weighted by Gasteiger charge is 2.23. The van der Waals surface area contributed by atoms with E-state index in [0.717, 1.165) is 25.3 Å². The molecule has 1 heterocycles. The molecule has 0 bridgehead atoms. The van der Waals surface area contributed by atoms with E-state index in [-0.39, 0.29) is 23.9 Å². The Bertz CT molecular complexity index is 584. The first kappa shape index (κ1) is 15.2. The number of sulfonamides is 1. The van der Waals surface area contributed by atoms with Gasteiger partial charge in [-0.3, -0.25) is 0 Å². The minimum absolute atomic E-state index is 0.148. The molecule has 0 radical (unpaired) electrons. The molecule has 0 aliphatic carbocycles. The lowest BCUT2D eigenvalue weighted by atomic mass is 10.1. The van der Waals surface area contributed by atoms with Crippen LogP contribution in [0.3, 0.4) is 0 Å². The molecule has 1 aromatic rings. The molecule has 3 N–H and O–H groups in total. The van der Waals surface area contributed by atoms with Crippen LogP contribution < -0.4 is 10.5 Å². The largest absolute Gasteiger partial charge is 0.399 e. The number of benzene rings is 1. The SMILES string of the molecule is Cc1cc(N)cc(S(=O)(=O)NCC2CCCCO2)c1F. The molecule has 0 spiro atoms. The second-order valence-corrected chi connectivity index (χ2v) is 6.73. The fraction of sp³-hybridized carbons (Fsp3) is 0.538. The topological polar surface area (TPSA) is 81.4 Å². The van der Waals surface area contributed by atoms with Gasteiger partial charge in [-0.25, -0.2) is 17.5 Å². The molecule has 20 heavy (non-hydrogen) atoms. The Kier molecular flexibility index (Phi) is 4.62. The van der Waals surface area contributed by atoms with Gasteiger partial charge in [0.25, 0.3) is 0 Å². The van der Waals surface area contributed by atoms with Crippen LogP contribution in [0.15, 0.2) is 17.0 Å². The summed E-state index contributed by atoms with van der Waals surface area (Å²) in [5.41, 5.74) is 6.01. The molecule has 2 rings (SSSR count). The predicted molar refractivity (Wildman–Crippen MR) is 74.3 cm³/mol. The summed E-state index contributed by atoms with van der Waals surface area (Å²) in [6, 6.07) is 2.53. The fourth-order valence-corrected chi connectivity index (χ4v) is 3.46. The molecule has 0 saturated carbocycles. The van der Waals surface area contributed by atoms with E-state index in [1.807, 2.05) is 0 Å². The van der Waals surface area contributed by atoms with E-state index >= 15 is 0 Å². The average molecular weight is 302 g/mol. The molecular weight excluding hydrogens is 283 g/mol. The first-order valence-electron chi connectivity index (χ1n) is 6.57. The van der Waals surface area contributed by atoms with Crippen LogP contribution in [0.2, 0.25) is 0 Å². The van der Waals surface area contributed by atoms with Gasteiger partial charge in [0.1, 0.15) is 10.7 Å². The first-order chi connectivity index (χ1) is 9.40. The molecule has 5 nitrogen and oxygen atoms in total. The van der Waals surface area contributed by atoms with Crippen molar-refractivity contribution in [2.45, 2.75) is 37.2 Å². The molecule has 1 aliphatic heterocycles. The van der Waals surface area contributed by atoms with Gasteiger partial charge in [0, 0.05) is 18.8 Å². The van der Waals surface area contributed by atoms with Crippen LogP contribution in [0.25, 0.3) is 0 Å². The van der Waals surface area contributed by atoms with Crippen molar-refractivity contribution in [2.24, 2.45) is 0 Å². The van der Waals surface area contributed by atoms with Crippen molar-refractivity contribution in [1.29, 1.82) is 0 Å². The number of hydrogen-bond donors (Lipinski definition) is 2. The molecule has 0 aromatic heterocycles. The zero-order valence-corrected chi connectivity index (χ0v) is 12.2. The van der Waals surface area contributed by atoms with Crippen LogP contribution in [-0.2, 0) is 14.8 Å². The summed E-state index contributed by atoms with van der Waals surface area (Å²) in [6.45, 7) is 2.27. The van der Waals surface area contributed by atoms with Crippen LogP contribution in [0.5, 0.6) is 0 Å². The molecule has 1 saturated heterocycles. The summed E-state index contributed by atoms with van der Waals surface area (Å²) in [5, 5.41) is 0. The smallest absolute Gasteiger partial charge is 0.243 e. The summed E-state index contributed by atoms with van der Waals surface area (Å²) < 4.78 is 46.0. The van der Waals surface area contributed by atoms with Crippen molar-refractivity contribution < 1.29 is 17.5 Å². The van der Waals surface area contributed by atoms with Gasteiger partial charge < -0.3 is 10.5 Å². The van der Waals surface area contributed by atoms with E-state index in [4.69, 9.17) is 10.5 Å². The Morgan fingerprint density at radius 1 is 1.45 bits per heavy atom. The number of halogens is 1. The maximum Gasteiger partial charge on any atom is 0.243 e. The van der Waals surface area contributed by atoms with Crippen molar-refractivity contribution in [3.8, 4) is 0 Å². The summed E-state index contributed by atoms with van der Waals surface area (Å²) in [6.07, 6.45) is 2.66. The third kappa shape index (κ3) is 3.47. The number of nitrogens with one attached hydrogen (secondary N) is 1. The summed E-state index contributed by atoms with van der Waals surface area (Å²) in [5.74, 6) is -0.767. The normalized spacial score (nSPS) is 20.0. The minimum atomic E-state index is -3.92. The van der Waals surface area contributed by atoms with Crippen LogP contribution in [0.4, 0.5) is 10.1 Å². The monoisotopic (exact) mass is 302 g/mol. The third-order valence-corrected chi connectivity index (χ3v) is 4.73. The van der Waals surface area contributed by atoms with E-state index < -0.39 is 20.7 Å². The second kappa shape index (κ2) is 6.07. The predicted octanol–water partition coefficient (Wildman–Crippen LogP) is 1.56. The van der Waals surface area contributed by atoms with Gasteiger partial charge >= 0.3 is 0 Å². The maximum atomic E-state index is 13.9. The van der Waals surface area contributed by atoms with E-state index in [1.54, 1.807) is 0 Å². The molecule has 1 atom stereocenters. The zero-order chi connectivity index (χ0) is 14.8. The van der Waals surface area contributed by atoms with Crippen molar-refractivity contribution in [3.05, 3.63) is 23.5 Å². The number of nitrogen functional groups attached to an aromatic ring is 1. The maximum absolute atomic E-state index is 13.9. The average Bonchev–Trinajstić information content (AvgIpc) is 2.42. The summed E-state index contributed by atoms with van der Waals surface area (Å²) in [4.78, 5) is -0.411. The Hall–Kier alpha value is -1.18. The molecule has 0 amide bonds. The van der Waals surface area contributed by atoms with Crippen molar-refractivity contribution in [2.75, 3.05) is 18.9 Å². The second-order valence-electron chi connectivity index (χ2n) is 4.99. The summed E-state index contributed by atoms with van der Waals surface area (Å²) in [7, 11) is -3.92. The quantitative estimate of drug-likeness (QED) is 0.827. The van der Waals surface area contributed by atoms with E-state index in [9.17, 15) is 12.8 Å². The van der Waals surface area contributed by atoms with Gasteiger partial charge in [0.2, 0.25) is 10.0 Å². The number of ether oxygens (including phenoxy) is 1. The molecule has 1 unspecified atom stereocenters. The Balaban J connectivity index is 2.14. The number of nitrogens with two attached hydrogens (primary N) is 1. The number of rotatable bonds is 4.